The number of hydrogen-bond donors (Lipinski definition) is 1. The highest BCUT2D eigenvalue weighted by Crippen LogP contribution is 2.18. The van der Waals surface area contributed by atoms with E-state index in [1.165, 1.54) is 17.4 Å². The number of thiazole rings is 2. The third kappa shape index (κ3) is 5.23. The second kappa shape index (κ2) is 8.04. The van der Waals surface area contributed by atoms with Gasteiger partial charge in [-0.05, 0) is 37.6 Å². The Morgan fingerprint density at radius 3 is 2.72 bits per heavy atom. The highest BCUT2D eigenvalue weighted by Gasteiger charge is 2.02. The van der Waals surface area contributed by atoms with Crippen LogP contribution in [0.2, 0.25) is 0 Å². The van der Waals surface area contributed by atoms with Gasteiger partial charge in [0.2, 0.25) is 5.91 Å². The predicted molar refractivity (Wildman–Crippen MR) is 102 cm³/mol. The minimum atomic E-state index is -0.200. The van der Waals surface area contributed by atoms with Crippen molar-refractivity contribution in [1.82, 2.24) is 9.97 Å². The van der Waals surface area contributed by atoms with Crippen molar-refractivity contribution in [2.75, 3.05) is 5.32 Å². The van der Waals surface area contributed by atoms with Gasteiger partial charge >= 0.3 is 0 Å². The molecule has 0 unspecified atom stereocenters. The molecule has 2 heterocycles. The molecule has 0 bridgehead atoms. The molecule has 5 nitrogen and oxygen atoms in total. The Bertz CT molecular complexity index is 882. The molecule has 3 rings (SSSR count). The molecule has 0 spiro atoms. The quantitative estimate of drug-likeness (QED) is 0.650. The topological polar surface area (TPSA) is 64.1 Å². The Morgan fingerprint density at radius 2 is 2.08 bits per heavy atom. The van der Waals surface area contributed by atoms with Gasteiger partial charge in [-0.15, -0.1) is 22.7 Å². The molecule has 1 aromatic carbocycles. The zero-order valence-corrected chi connectivity index (χ0v) is 15.5. The molecule has 1 amide bonds. The summed E-state index contributed by atoms with van der Waals surface area (Å²) in [7, 11) is 0. The molecule has 3 aromatic rings. The number of hydrogen-bond acceptors (Lipinski definition) is 6. The summed E-state index contributed by atoms with van der Waals surface area (Å²) >= 11 is 3.06. The molecular weight excluding hydrogens is 354 g/mol. The summed E-state index contributed by atoms with van der Waals surface area (Å²) in [5.41, 5.74) is 1.85. The number of anilines is 1. The zero-order chi connectivity index (χ0) is 17.6. The lowest BCUT2D eigenvalue weighted by Gasteiger charge is -2.04. The molecule has 0 aliphatic rings. The molecule has 0 atom stereocenters. The first kappa shape index (κ1) is 17.3. The largest absolute Gasteiger partial charge is 0.487 e. The van der Waals surface area contributed by atoms with Crippen LogP contribution >= 0.6 is 22.7 Å². The first-order chi connectivity index (χ1) is 12.1. The van der Waals surface area contributed by atoms with Gasteiger partial charge in [0.25, 0.3) is 0 Å². The van der Waals surface area contributed by atoms with Crippen LogP contribution in [0.5, 0.6) is 5.75 Å². The Labute approximate surface area is 154 Å². The highest BCUT2D eigenvalue weighted by atomic mass is 32.1. The third-order valence-corrected chi connectivity index (χ3v) is 4.86. The van der Waals surface area contributed by atoms with E-state index in [1.54, 1.807) is 23.6 Å². The van der Waals surface area contributed by atoms with Gasteiger partial charge in [0.15, 0.2) is 5.13 Å². The van der Waals surface area contributed by atoms with Crippen LogP contribution in [0.3, 0.4) is 0 Å². The van der Waals surface area contributed by atoms with E-state index in [9.17, 15) is 4.79 Å². The van der Waals surface area contributed by atoms with Gasteiger partial charge in [0.05, 0.1) is 10.7 Å². The molecule has 0 radical (unpaired) electrons. The van der Waals surface area contributed by atoms with Crippen molar-refractivity contribution in [2.24, 2.45) is 0 Å². The van der Waals surface area contributed by atoms with Crippen LogP contribution in [0, 0.1) is 13.8 Å². The lowest BCUT2D eigenvalue weighted by Crippen LogP contribution is -2.07. The summed E-state index contributed by atoms with van der Waals surface area (Å²) in [5.74, 6) is 0.569. The van der Waals surface area contributed by atoms with Crippen LogP contribution < -0.4 is 10.1 Å². The normalized spacial score (nSPS) is 11.0. The van der Waals surface area contributed by atoms with Crippen LogP contribution in [0.4, 0.5) is 5.13 Å². The van der Waals surface area contributed by atoms with Gasteiger partial charge in [-0.3, -0.25) is 10.1 Å². The Morgan fingerprint density at radius 1 is 1.28 bits per heavy atom. The molecule has 128 valence electrons. The Balaban J connectivity index is 1.52. The lowest BCUT2D eigenvalue weighted by molar-refractivity contribution is -0.111. The van der Waals surface area contributed by atoms with Crippen LogP contribution in [-0.4, -0.2) is 15.9 Å². The second-order valence-corrected chi connectivity index (χ2v) is 7.61. The summed E-state index contributed by atoms with van der Waals surface area (Å²) in [6, 6.07) is 7.56. The predicted octanol–water partition coefficient (Wildman–Crippen LogP) is 4.45. The summed E-state index contributed by atoms with van der Waals surface area (Å²) in [5, 5.41) is 6.37. The number of aryl methyl sites for hydroxylation is 2. The van der Waals surface area contributed by atoms with E-state index < -0.39 is 0 Å². The summed E-state index contributed by atoms with van der Waals surface area (Å²) in [6.07, 6.45) is 4.98. The fraction of sp³-hybridized carbons (Fsp3) is 0.167. The number of carbonyl (C=O) groups excluding carboxylic acids is 1. The van der Waals surface area contributed by atoms with Crippen molar-refractivity contribution in [3.8, 4) is 5.75 Å². The smallest absolute Gasteiger partial charge is 0.250 e. The van der Waals surface area contributed by atoms with Crippen molar-refractivity contribution in [3.63, 3.8) is 0 Å². The maximum atomic E-state index is 11.9. The minimum absolute atomic E-state index is 0.200. The van der Waals surface area contributed by atoms with Crippen LogP contribution in [-0.2, 0) is 11.4 Å². The van der Waals surface area contributed by atoms with Gasteiger partial charge < -0.3 is 4.74 Å². The summed E-state index contributed by atoms with van der Waals surface area (Å²) < 4.78 is 5.70. The van der Waals surface area contributed by atoms with Gasteiger partial charge in [0, 0.05) is 22.5 Å². The molecule has 0 saturated carbocycles. The lowest BCUT2D eigenvalue weighted by atomic mass is 10.2. The Hall–Kier alpha value is -2.51. The molecule has 0 fully saturated rings. The van der Waals surface area contributed by atoms with E-state index in [2.05, 4.69) is 15.3 Å². The number of carbonyl (C=O) groups is 1. The van der Waals surface area contributed by atoms with Gasteiger partial charge in [-0.1, -0.05) is 12.1 Å². The van der Waals surface area contributed by atoms with Crippen molar-refractivity contribution in [1.29, 1.82) is 0 Å². The monoisotopic (exact) mass is 371 g/mol. The summed E-state index contributed by atoms with van der Waals surface area (Å²) in [6.45, 7) is 4.37. The number of ether oxygens (including phenoxy) is 1. The zero-order valence-electron chi connectivity index (χ0n) is 13.9. The maximum absolute atomic E-state index is 11.9. The second-order valence-electron chi connectivity index (χ2n) is 5.31. The van der Waals surface area contributed by atoms with Crippen molar-refractivity contribution >= 4 is 39.8 Å². The molecule has 2 aromatic heterocycles. The molecule has 7 heteroatoms. The number of benzene rings is 1. The van der Waals surface area contributed by atoms with Gasteiger partial charge in [-0.2, -0.15) is 0 Å². The Kier molecular flexibility index (Phi) is 5.57. The molecule has 0 saturated heterocycles. The van der Waals surface area contributed by atoms with E-state index in [0.29, 0.717) is 11.7 Å². The number of amides is 1. The number of nitrogens with zero attached hydrogens (tertiary/aromatic N) is 2. The van der Waals surface area contributed by atoms with Crippen LogP contribution in [0.15, 0.2) is 41.9 Å². The average molecular weight is 371 g/mol. The fourth-order valence-corrected chi connectivity index (χ4v) is 3.30. The van der Waals surface area contributed by atoms with Crippen molar-refractivity contribution < 1.29 is 9.53 Å². The molecule has 0 aliphatic carbocycles. The van der Waals surface area contributed by atoms with Crippen molar-refractivity contribution in [2.45, 2.75) is 20.5 Å². The first-order valence-corrected chi connectivity index (χ1v) is 9.33. The molecular formula is C18H17N3O2S2. The van der Waals surface area contributed by atoms with Gasteiger partial charge in [-0.25, -0.2) is 9.97 Å². The number of aromatic nitrogens is 2. The first-order valence-electron chi connectivity index (χ1n) is 7.64. The van der Waals surface area contributed by atoms with E-state index in [-0.39, 0.29) is 5.91 Å². The standard InChI is InChI=1S/C18H17N3O2S2/c1-12-9-19-18(25-12)21-17(22)8-5-14-3-6-16(7-4-14)23-10-15-11-24-13(2)20-15/h3-9,11H,10H2,1-2H3,(H,19,21,22)/b8-5+. The van der Waals surface area contributed by atoms with Crippen LogP contribution in [0.25, 0.3) is 6.08 Å². The van der Waals surface area contributed by atoms with E-state index in [4.69, 9.17) is 4.74 Å². The molecule has 1 N–H and O–H groups in total. The van der Waals surface area contributed by atoms with E-state index in [0.717, 1.165) is 26.9 Å². The number of nitrogens with one attached hydrogen (secondary N) is 1. The molecule has 25 heavy (non-hydrogen) atoms. The van der Waals surface area contributed by atoms with Crippen molar-refractivity contribution in [3.05, 3.63) is 63.1 Å². The fourth-order valence-electron chi connectivity index (χ4n) is 2.04. The van der Waals surface area contributed by atoms with E-state index in [1.807, 2.05) is 43.5 Å². The third-order valence-electron chi connectivity index (χ3n) is 3.21. The van der Waals surface area contributed by atoms with E-state index >= 15 is 0 Å². The average Bonchev–Trinajstić information content (AvgIpc) is 3.20. The van der Waals surface area contributed by atoms with Crippen LogP contribution in [0.1, 0.15) is 21.1 Å². The minimum Gasteiger partial charge on any atom is -0.487 e. The maximum Gasteiger partial charge on any atom is 0.250 e. The number of rotatable bonds is 6. The highest BCUT2D eigenvalue weighted by molar-refractivity contribution is 7.15. The SMILES string of the molecule is Cc1cnc(NC(=O)/C=C/c2ccc(OCc3csc(C)n3)cc2)s1. The summed E-state index contributed by atoms with van der Waals surface area (Å²) in [4.78, 5) is 21.4. The molecule has 0 aliphatic heterocycles. The van der Waals surface area contributed by atoms with Gasteiger partial charge in [0.1, 0.15) is 12.4 Å².